The molecule has 1 saturated heterocycles. The Morgan fingerprint density at radius 3 is 2.50 bits per heavy atom. The lowest BCUT2D eigenvalue weighted by molar-refractivity contribution is -0.123. The van der Waals surface area contributed by atoms with Crippen molar-refractivity contribution in [3.05, 3.63) is 36.0 Å². The number of nitrogens with zero attached hydrogens (tertiary/aromatic N) is 3. The number of carbonyl (C=O) groups is 1. The molecule has 1 aliphatic rings. The first-order valence-electron chi connectivity index (χ1n) is 8.93. The monoisotopic (exact) mass is 354 g/mol. The Morgan fingerprint density at radius 1 is 1.15 bits per heavy atom. The minimum absolute atomic E-state index is 0.0704. The predicted molar refractivity (Wildman–Crippen MR) is 103 cm³/mol. The number of hydrogen-bond donors (Lipinski definition) is 1. The number of nitrogens with one attached hydrogen (secondary N) is 1. The van der Waals surface area contributed by atoms with E-state index in [0.717, 1.165) is 29.8 Å². The fourth-order valence-corrected chi connectivity index (χ4v) is 2.75. The smallest absolute Gasteiger partial charge is 0.230 e. The lowest BCUT2D eigenvalue weighted by atomic mass is 9.95. The van der Waals surface area contributed by atoms with E-state index in [-0.39, 0.29) is 5.91 Å². The topological polar surface area (TPSA) is 67.3 Å². The summed E-state index contributed by atoms with van der Waals surface area (Å²) in [5.74, 6) is 1.10. The highest BCUT2D eigenvalue weighted by Crippen LogP contribution is 2.31. The Kier molecular flexibility index (Phi) is 5.23. The lowest BCUT2D eigenvalue weighted by Gasteiger charge is -2.27. The molecule has 6 nitrogen and oxygen atoms in total. The largest absolute Gasteiger partial charge is 0.378 e. The van der Waals surface area contributed by atoms with Crippen LogP contribution in [0, 0.1) is 12.3 Å². The third-order valence-electron chi connectivity index (χ3n) is 4.42. The number of morpholine rings is 1. The average molecular weight is 354 g/mol. The van der Waals surface area contributed by atoms with Gasteiger partial charge in [-0.1, -0.05) is 45.0 Å². The first kappa shape index (κ1) is 18.3. The Labute approximate surface area is 154 Å². The molecule has 26 heavy (non-hydrogen) atoms. The number of carbonyl (C=O) groups excluding carboxylic acids is 1. The van der Waals surface area contributed by atoms with Gasteiger partial charge in [0.25, 0.3) is 0 Å². The second-order valence-corrected chi connectivity index (χ2v) is 7.55. The van der Waals surface area contributed by atoms with Crippen molar-refractivity contribution in [3.63, 3.8) is 0 Å². The highest BCUT2D eigenvalue weighted by molar-refractivity contribution is 5.97. The van der Waals surface area contributed by atoms with Crippen molar-refractivity contribution in [2.75, 3.05) is 36.5 Å². The van der Waals surface area contributed by atoms with Gasteiger partial charge >= 0.3 is 0 Å². The fraction of sp³-hybridized carbons (Fsp3) is 0.450. The third kappa shape index (κ3) is 4.02. The molecule has 138 valence electrons. The van der Waals surface area contributed by atoms with Gasteiger partial charge in [0.05, 0.1) is 13.2 Å². The van der Waals surface area contributed by atoms with E-state index in [1.807, 2.05) is 52.0 Å². The molecule has 1 fully saturated rings. The Morgan fingerprint density at radius 2 is 1.85 bits per heavy atom. The summed E-state index contributed by atoms with van der Waals surface area (Å²) in [4.78, 5) is 23.9. The number of hydrogen-bond acceptors (Lipinski definition) is 5. The zero-order valence-corrected chi connectivity index (χ0v) is 15.9. The van der Waals surface area contributed by atoms with E-state index in [2.05, 4.69) is 15.2 Å². The summed E-state index contributed by atoms with van der Waals surface area (Å²) >= 11 is 0. The highest BCUT2D eigenvalue weighted by Gasteiger charge is 2.24. The van der Waals surface area contributed by atoms with Crippen LogP contribution in [0.2, 0.25) is 0 Å². The number of anilines is 2. The van der Waals surface area contributed by atoms with Gasteiger partial charge in [0.2, 0.25) is 11.9 Å². The molecule has 1 aromatic carbocycles. The minimum Gasteiger partial charge on any atom is -0.378 e. The molecule has 2 aromatic rings. The molecule has 0 aliphatic carbocycles. The van der Waals surface area contributed by atoms with Gasteiger partial charge in [-0.05, 0) is 18.1 Å². The minimum atomic E-state index is -0.507. The van der Waals surface area contributed by atoms with Gasteiger partial charge in [-0.15, -0.1) is 0 Å². The molecule has 1 aliphatic heterocycles. The van der Waals surface area contributed by atoms with Crippen molar-refractivity contribution in [2.45, 2.75) is 27.7 Å². The summed E-state index contributed by atoms with van der Waals surface area (Å²) in [7, 11) is 0. The molecule has 1 aromatic heterocycles. The van der Waals surface area contributed by atoms with Crippen LogP contribution >= 0.6 is 0 Å². The summed E-state index contributed by atoms with van der Waals surface area (Å²) in [6.45, 7) is 10.5. The van der Waals surface area contributed by atoms with Crippen LogP contribution < -0.4 is 10.2 Å². The molecule has 3 rings (SSSR count). The molecule has 0 spiro atoms. The predicted octanol–water partition coefficient (Wildman–Crippen LogP) is 3.27. The Balaban J connectivity index is 2.02. The molecule has 0 radical (unpaired) electrons. The molecule has 2 heterocycles. The van der Waals surface area contributed by atoms with E-state index < -0.39 is 5.41 Å². The summed E-state index contributed by atoms with van der Waals surface area (Å²) < 4.78 is 5.40. The highest BCUT2D eigenvalue weighted by atomic mass is 16.5. The fourth-order valence-electron chi connectivity index (χ4n) is 2.75. The van der Waals surface area contributed by atoms with Gasteiger partial charge in [0.1, 0.15) is 5.82 Å². The van der Waals surface area contributed by atoms with Gasteiger partial charge in [0.15, 0.2) is 0 Å². The maximum Gasteiger partial charge on any atom is 0.230 e. The molecule has 6 heteroatoms. The van der Waals surface area contributed by atoms with Gasteiger partial charge in [0, 0.05) is 30.3 Å². The molecule has 1 N–H and O–H groups in total. The van der Waals surface area contributed by atoms with Gasteiger partial charge in [-0.3, -0.25) is 4.79 Å². The van der Waals surface area contributed by atoms with Gasteiger partial charge in [-0.25, -0.2) is 4.98 Å². The van der Waals surface area contributed by atoms with E-state index in [4.69, 9.17) is 9.72 Å². The Hall–Kier alpha value is -2.47. The second kappa shape index (κ2) is 7.41. The third-order valence-corrected chi connectivity index (χ3v) is 4.42. The second-order valence-electron chi connectivity index (χ2n) is 7.55. The van der Waals surface area contributed by atoms with Crippen LogP contribution in [0.25, 0.3) is 11.1 Å². The quantitative estimate of drug-likeness (QED) is 0.916. The normalized spacial score (nSPS) is 15.0. The van der Waals surface area contributed by atoms with E-state index >= 15 is 0 Å². The zero-order valence-electron chi connectivity index (χ0n) is 15.9. The molecule has 0 bridgehead atoms. The molecular formula is C20H26N4O2. The van der Waals surface area contributed by atoms with Crippen LogP contribution in [0.15, 0.2) is 30.5 Å². The number of ether oxygens (including phenoxy) is 1. The van der Waals surface area contributed by atoms with E-state index in [1.54, 1.807) is 6.20 Å². The van der Waals surface area contributed by atoms with Crippen molar-refractivity contribution in [2.24, 2.45) is 5.41 Å². The Bertz CT molecular complexity index is 793. The lowest BCUT2D eigenvalue weighted by Crippen LogP contribution is -2.37. The van der Waals surface area contributed by atoms with Crippen LogP contribution in [0.5, 0.6) is 0 Å². The summed E-state index contributed by atoms with van der Waals surface area (Å²) in [5, 5.41) is 3.01. The van der Waals surface area contributed by atoms with Crippen molar-refractivity contribution in [1.29, 1.82) is 0 Å². The van der Waals surface area contributed by atoms with Crippen molar-refractivity contribution in [3.8, 4) is 11.1 Å². The van der Waals surface area contributed by atoms with E-state index in [0.29, 0.717) is 25.0 Å². The van der Waals surface area contributed by atoms with Crippen molar-refractivity contribution in [1.82, 2.24) is 9.97 Å². The summed E-state index contributed by atoms with van der Waals surface area (Å²) in [6, 6.07) is 8.04. The van der Waals surface area contributed by atoms with Crippen molar-refractivity contribution < 1.29 is 9.53 Å². The van der Waals surface area contributed by atoms with Gasteiger partial charge < -0.3 is 15.0 Å². The maximum atomic E-state index is 12.6. The molecular weight excluding hydrogens is 328 g/mol. The first-order valence-corrected chi connectivity index (χ1v) is 8.93. The van der Waals surface area contributed by atoms with Crippen LogP contribution in [0.4, 0.5) is 11.8 Å². The maximum absolute atomic E-state index is 12.6. The molecule has 0 saturated carbocycles. The van der Waals surface area contributed by atoms with E-state index in [1.165, 1.54) is 0 Å². The van der Waals surface area contributed by atoms with Crippen LogP contribution in [-0.4, -0.2) is 42.2 Å². The zero-order chi connectivity index (χ0) is 18.7. The summed E-state index contributed by atoms with van der Waals surface area (Å²) in [5.41, 5.74) is 2.46. The molecule has 1 amide bonds. The van der Waals surface area contributed by atoms with Crippen LogP contribution in [0.3, 0.4) is 0 Å². The van der Waals surface area contributed by atoms with Gasteiger partial charge in [-0.2, -0.15) is 4.98 Å². The number of benzene rings is 1. The van der Waals surface area contributed by atoms with Crippen LogP contribution in [-0.2, 0) is 9.53 Å². The number of rotatable bonds is 3. The van der Waals surface area contributed by atoms with Crippen LogP contribution in [0.1, 0.15) is 26.3 Å². The average Bonchev–Trinajstić information content (AvgIpc) is 2.62. The number of amides is 1. The van der Waals surface area contributed by atoms with E-state index in [9.17, 15) is 4.79 Å². The molecule has 0 atom stereocenters. The first-order chi connectivity index (χ1) is 12.4. The summed E-state index contributed by atoms with van der Waals surface area (Å²) in [6.07, 6.45) is 1.80. The SMILES string of the molecule is Cc1ccccc1-c1cnc(N2CCOCC2)nc1NC(=O)C(C)(C)C. The number of aromatic nitrogens is 2. The van der Waals surface area contributed by atoms with Crippen molar-refractivity contribution >= 4 is 17.7 Å². The molecule has 0 unspecified atom stereocenters. The number of aryl methyl sites for hydroxylation is 1. The standard InChI is InChI=1S/C20H26N4O2/c1-14-7-5-6-8-15(14)16-13-21-19(24-9-11-26-12-10-24)23-17(16)22-18(25)20(2,3)4/h5-8,13H,9-12H2,1-4H3,(H,21,22,23,25).